The Morgan fingerprint density at radius 1 is 1.43 bits per heavy atom. The van der Waals surface area contributed by atoms with Crippen LogP contribution in [0.2, 0.25) is 0 Å². The summed E-state index contributed by atoms with van der Waals surface area (Å²) < 4.78 is 28.0. The van der Waals surface area contributed by atoms with Gasteiger partial charge in [-0.1, -0.05) is 0 Å². The maximum atomic E-state index is 12.6. The summed E-state index contributed by atoms with van der Waals surface area (Å²) in [6, 6.07) is 0. The number of nitrogens with zero attached hydrogens (tertiary/aromatic N) is 3. The molecule has 21 heavy (non-hydrogen) atoms. The van der Waals surface area contributed by atoms with Crippen LogP contribution in [-0.4, -0.2) is 41.5 Å². The van der Waals surface area contributed by atoms with Gasteiger partial charge in [-0.05, 0) is 25.7 Å². The van der Waals surface area contributed by atoms with Crippen molar-refractivity contribution < 1.29 is 13.2 Å². The highest BCUT2D eigenvalue weighted by atomic mass is 32.2. The summed E-state index contributed by atoms with van der Waals surface area (Å²) in [5, 5.41) is 3.97. The quantitative estimate of drug-likeness (QED) is 0.776. The fourth-order valence-electron chi connectivity index (χ4n) is 2.56. The Kier molecular flexibility index (Phi) is 4.52. The van der Waals surface area contributed by atoms with Gasteiger partial charge in [-0.15, -0.1) is 0 Å². The van der Waals surface area contributed by atoms with Gasteiger partial charge in [0, 0.05) is 32.3 Å². The van der Waals surface area contributed by atoms with E-state index in [2.05, 4.69) is 5.10 Å². The van der Waals surface area contributed by atoms with E-state index in [4.69, 9.17) is 11.5 Å². The first-order valence-electron chi connectivity index (χ1n) is 6.96. The summed E-state index contributed by atoms with van der Waals surface area (Å²) in [5.74, 6) is -0.162. The smallest absolute Gasteiger partial charge is 0.248 e. The minimum Gasteiger partial charge on any atom is -0.381 e. The number of primary amides is 1. The summed E-state index contributed by atoms with van der Waals surface area (Å²) in [6.07, 6.45) is 3.03. The van der Waals surface area contributed by atoms with Crippen molar-refractivity contribution >= 4 is 21.7 Å². The number of nitrogens with two attached hydrogens (primary N) is 2. The van der Waals surface area contributed by atoms with Crippen molar-refractivity contribution in [3.63, 3.8) is 0 Å². The van der Waals surface area contributed by atoms with Crippen molar-refractivity contribution in [1.82, 2.24) is 14.1 Å². The highest BCUT2D eigenvalue weighted by Crippen LogP contribution is 2.27. The van der Waals surface area contributed by atoms with Crippen LogP contribution in [0.4, 0.5) is 5.82 Å². The number of carbonyl (C=O) groups excluding carboxylic acids is 1. The predicted molar refractivity (Wildman–Crippen MR) is 77.6 cm³/mol. The lowest BCUT2D eigenvalue weighted by atomic mass is 9.94. The molecule has 1 amide bonds. The first-order valence-corrected chi connectivity index (χ1v) is 8.40. The van der Waals surface area contributed by atoms with Crippen LogP contribution in [0.25, 0.3) is 0 Å². The van der Waals surface area contributed by atoms with Gasteiger partial charge in [0.15, 0.2) is 5.82 Å². The second kappa shape index (κ2) is 6.02. The van der Waals surface area contributed by atoms with Gasteiger partial charge in [-0.2, -0.15) is 9.40 Å². The Bertz CT molecular complexity index is 617. The fraction of sp³-hybridized carbons (Fsp3) is 0.667. The van der Waals surface area contributed by atoms with E-state index in [1.54, 1.807) is 0 Å². The van der Waals surface area contributed by atoms with Crippen molar-refractivity contribution in [1.29, 1.82) is 0 Å². The van der Waals surface area contributed by atoms with Gasteiger partial charge in [0.05, 0.1) is 0 Å². The number of sulfonamides is 1. The van der Waals surface area contributed by atoms with E-state index in [-0.39, 0.29) is 22.5 Å². The molecule has 0 spiro atoms. The summed E-state index contributed by atoms with van der Waals surface area (Å²) in [6.45, 7) is 3.16. The molecule has 0 aliphatic carbocycles. The molecular formula is C12H21N5O3S. The fourth-order valence-corrected chi connectivity index (χ4v) is 4.09. The van der Waals surface area contributed by atoms with E-state index >= 15 is 0 Å². The summed E-state index contributed by atoms with van der Waals surface area (Å²) in [5.41, 5.74) is 10.9. The summed E-state index contributed by atoms with van der Waals surface area (Å²) in [7, 11) is -3.63. The number of amides is 1. The molecule has 2 heterocycles. The molecule has 1 fully saturated rings. The number of carbonyl (C=O) groups is 1. The summed E-state index contributed by atoms with van der Waals surface area (Å²) >= 11 is 0. The molecule has 9 heteroatoms. The summed E-state index contributed by atoms with van der Waals surface area (Å²) in [4.78, 5) is 11.0. The molecule has 0 aromatic carbocycles. The molecule has 4 N–H and O–H groups in total. The average Bonchev–Trinajstić information content (AvgIpc) is 2.81. The third kappa shape index (κ3) is 3.35. The van der Waals surface area contributed by atoms with Gasteiger partial charge in [0.25, 0.3) is 0 Å². The molecule has 8 nitrogen and oxygen atoms in total. The third-order valence-electron chi connectivity index (χ3n) is 3.76. The molecule has 1 aliphatic rings. The van der Waals surface area contributed by atoms with Gasteiger partial charge in [-0.25, -0.2) is 8.42 Å². The number of hydrogen-bond acceptors (Lipinski definition) is 5. The Balaban J connectivity index is 2.11. The van der Waals surface area contributed by atoms with Crippen LogP contribution >= 0.6 is 0 Å². The lowest BCUT2D eigenvalue weighted by Gasteiger charge is -2.30. The van der Waals surface area contributed by atoms with E-state index in [9.17, 15) is 13.2 Å². The van der Waals surface area contributed by atoms with Crippen molar-refractivity contribution in [2.24, 2.45) is 11.7 Å². The highest BCUT2D eigenvalue weighted by Gasteiger charge is 2.32. The average molecular weight is 315 g/mol. The molecule has 1 saturated heterocycles. The normalized spacial score (nSPS) is 18.0. The Morgan fingerprint density at radius 2 is 2.05 bits per heavy atom. The minimum absolute atomic E-state index is 0.0242. The van der Waals surface area contributed by atoms with Gasteiger partial charge in [-0.3, -0.25) is 9.48 Å². The molecule has 118 valence electrons. The number of hydrogen-bond donors (Lipinski definition) is 2. The standard InChI is InChI=1S/C12H21N5O3S/c1-2-16-8-10(12(14)15-16)21(19,20)17-5-3-9(4-6-17)7-11(13)18/h8-9H,2-7H2,1H3,(H2,13,18)(H2,14,15). The molecule has 0 unspecified atom stereocenters. The number of anilines is 1. The van der Waals surface area contributed by atoms with Crippen LogP contribution in [0.5, 0.6) is 0 Å². The number of piperidine rings is 1. The SMILES string of the molecule is CCn1cc(S(=O)(=O)N2CCC(CC(N)=O)CC2)c(N)n1. The molecule has 1 aromatic heterocycles. The highest BCUT2D eigenvalue weighted by molar-refractivity contribution is 7.89. The maximum Gasteiger partial charge on any atom is 0.248 e. The van der Waals surface area contributed by atoms with Crippen molar-refractivity contribution in [3.8, 4) is 0 Å². The molecule has 1 aromatic rings. The van der Waals surface area contributed by atoms with Gasteiger partial charge < -0.3 is 11.5 Å². The Labute approximate surface area is 124 Å². The van der Waals surface area contributed by atoms with E-state index in [1.807, 2.05) is 6.92 Å². The lowest BCUT2D eigenvalue weighted by molar-refractivity contribution is -0.119. The first kappa shape index (κ1) is 15.8. The van der Waals surface area contributed by atoms with Gasteiger partial charge in [0.1, 0.15) is 4.90 Å². The zero-order chi connectivity index (χ0) is 15.6. The van der Waals surface area contributed by atoms with E-state index in [0.29, 0.717) is 38.9 Å². The van der Waals surface area contributed by atoms with Crippen LogP contribution < -0.4 is 11.5 Å². The number of aryl methyl sites for hydroxylation is 1. The van der Waals surface area contributed by atoms with E-state index in [1.165, 1.54) is 15.2 Å². The molecule has 0 radical (unpaired) electrons. The second-order valence-corrected chi connectivity index (χ2v) is 7.16. The molecule has 1 aliphatic heterocycles. The molecular weight excluding hydrogens is 294 g/mol. The zero-order valence-electron chi connectivity index (χ0n) is 12.0. The minimum atomic E-state index is -3.63. The zero-order valence-corrected chi connectivity index (χ0v) is 12.8. The topological polar surface area (TPSA) is 124 Å². The monoisotopic (exact) mass is 315 g/mol. The van der Waals surface area contributed by atoms with Crippen LogP contribution in [0, 0.1) is 5.92 Å². The maximum absolute atomic E-state index is 12.6. The van der Waals surface area contributed by atoms with Crippen molar-refractivity contribution in [2.45, 2.75) is 37.6 Å². The number of nitrogen functional groups attached to an aromatic ring is 1. The van der Waals surface area contributed by atoms with E-state index < -0.39 is 10.0 Å². The largest absolute Gasteiger partial charge is 0.381 e. The van der Waals surface area contributed by atoms with Crippen LogP contribution in [0.1, 0.15) is 26.2 Å². The van der Waals surface area contributed by atoms with Crippen LogP contribution in [-0.2, 0) is 21.4 Å². The third-order valence-corrected chi connectivity index (χ3v) is 5.68. The Morgan fingerprint density at radius 3 is 2.52 bits per heavy atom. The van der Waals surface area contributed by atoms with Gasteiger partial charge in [0.2, 0.25) is 15.9 Å². The predicted octanol–water partition coefficient (Wildman–Crippen LogP) is -0.239. The molecule has 2 rings (SSSR count). The van der Waals surface area contributed by atoms with Crippen LogP contribution in [0.3, 0.4) is 0 Å². The lowest BCUT2D eigenvalue weighted by Crippen LogP contribution is -2.39. The number of aromatic nitrogens is 2. The van der Waals surface area contributed by atoms with Gasteiger partial charge >= 0.3 is 0 Å². The molecule has 0 saturated carbocycles. The second-order valence-electron chi connectivity index (χ2n) is 5.25. The van der Waals surface area contributed by atoms with Crippen LogP contribution in [0.15, 0.2) is 11.1 Å². The van der Waals surface area contributed by atoms with E-state index in [0.717, 1.165) is 0 Å². The molecule has 0 bridgehead atoms. The first-order chi connectivity index (χ1) is 9.84. The molecule has 0 atom stereocenters. The Hall–Kier alpha value is -1.61. The van der Waals surface area contributed by atoms with Crippen molar-refractivity contribution in [3.05, 3.63) is 6.20 Å². The van der Waals surface area contributed by atoms with Crippen molar-refractivity contribution in [2.75, 3.05) is 18.8 Å². The number of rotatable bonds is 5.